The number of benzene rings is 2. The molecule has 2 aromatic rings. The molecule has 0 bridgehead atoms. The van der Waals surface area contributed by atoms with E-state index in [4.69, 9.17) is 0 Å². The van der Waals surface area contributed by atoms with Crippen LogP contribution < -0.4 is 5.32 Å². The average Bonchev–Trinajstić information content (AvgIpc) is 2.50. The normalized spacial score (nSPS) is 15.3. The molecule has 1 atom stereocenters. The molecule has 21 heavy (non-hydrogen) atoms. The molecule has 1 unspecified atom stereocenters. The highest BCUT2D eigenvalue weighted by Gasteiger charge is 2.14. The summed E-state index contributed by atoms with van der Waals surface area (Å²) in [5.41, 5.74) is 5.58. The first-order valence-corrected chi connectivity index (χ1v) is 7.87. The molecule has 0 saturated carbocycles. The minimum atomic E-state index is 0.330. The van der Waals surface area contributed by atoms with Crippen LogP contribution in [0, 0.1) is 0 Å². The summed E-state index contributed by atoms with van der Waals surface area (Å²) in [5, 5.41) is 13.0. The van der Waals surface area contributed by atoms with Gasteiger partial charge < -0.3 is 10.4 Å². The van der Waals surface area contributed by atoms with Gasteiger partial charge in [-0.2, -0.15) is 0 Å². The average molecular weight is 281 g/mol. The van der Waals surface area contributed by atoms with E-state index in [1.807, 2.05) is 12.1 Å². The zero-order valence-corrected chi connectivity index (χ0v) is 12.6. The monoisotopic (exact) mass is 281 g/mol. The van der Waals surface area contributed by atoms with E-state index in [0.717, 1.165) is 6.42 Å². The molecule has 0 aliphatic heterocycles. The maximum absolute atomic E-state index is 9.34. The molecule has 0 amide bonds. The van der Waals surface area contributed by atoms with Crippen molar-refractivity contribution >= 4 is 5.69 Å². The van der Waals surface area contributed by atoms with Crippen LogP contribution in [0.15, 0.2) is 42.5 Å². The molecule has 0 radical (unpaired) electrons. The van der Waals surface area contributed by atoms with Crippen molar-refractivity contribution in [2.24, 2.45) is 0 Å². The number of phenols is 1. The molecule has 0 spiro atoms. The first kappa shape index (κ1) is 14.0. The van der Waals surface area contributed by atoms with E-state index in [1.165, 1.54) is 48.1 Å². The van der Waals surface area contributed by atoms with Crippen LogP contribution in [0.3, 0.4) is 0 Å². The Bertz CT molecular complexity index is 603. The summed E-state index contributed by atoms with van der Waals surface area (Å²) in [6.45, 7) is 2.22. The van der Waals surface area contributed by atoms with Gasteiger partial charge in [-0.15, -0.1) is 0 Å². The third-order valence-corrected chi connectivity index (χ3v) is 4.28. The van der Waals surface area contributed by atoms with Gasteiger partial charge in [-0.05, 0) is 73.9 Å². The summed E-state index contributed by atoms with van der Waals surface area (Å²) in [7, 11) is 0. The smallest absolute Gasteiger partial charge is 0.115 e. The second-order valence-corrected chi connectivity index (χ2v) is 6.07. The zero-order valence-electron chi connectivity index (χ0n) is 12.6. The van der Waals surface area contributed by atoms with Gasteiger partial charge in [0.25, 0.3) is 0 Å². The minimum absolute atomic E-state index is 0.330. The lowest BCUT2D eigenvalue weighted by atomic mass is 9.90. The summed E-state index contributed by atoms with van der Waals surface area (Å²) in [4.78, 5) is 0. The van der Waals surface area contributed by atoms with E-state index in [-0.39, 0.29) is 0 Å². The van der Waals surface area contributed by atoms with Crippen molar-refractivity contribution in [3.8, 4) is 5.75 Å². The van der Waals surface area contributed by atoms with Gasteiger partial charge in [-0.1, -0.05) is 24.3 Å². The first-order chi connectivity index (χ1) is 10.2. The van der Waals surface area contributed by atoms with Gasteiger partial charge in [0.2, 0.25) is 0 Å². The summed E-state index contributed by atoms with van der Waals surface area (Å²) in [5.74, 6) is 0.330. The van der Waals surface area contributed by atoms with Crippen molar-refractivity contribution < 1.29 is 5.11 Å². The van der Waals surface area contributed by atoms with E-state index in [1.54, 1.807) is 12.1 Å². The van der Waals surface area contributed by atoms with Crippen molar-refractivity contribution in [3.05, 3.63) is 59.2 Å². The lowest BCUT2D eigenvalue weighted by Crippen LogP contribution is -2.20. The predicted octanol–water partition coefficient (Wildman–Crippen LogP) is 4.31. The minimum Gasteiger partial charge on any atom is -0.508 e. The zero-order chi connectivity index (χ0) is 14.7. The Morgan fingerprint density at radius 2 is 1.81 bits per heavy atom. The number of hydrogen-bond acceptors (Lipinski definition) is 2. The van der Waals surface area contributed by atoms with Crippen molar-refractivity contribution in [1.29, 1.82) is 0 Å². The van der Waals surface area contributed by atoms with E-state index < -0.39 is 0 Å². The van der Waals surface area contributed by atoms with Crippen LogP contribution in [0.4, 0.5) is 5.69 Å². The van der Waals surface area contributed by atoms with E-state index in [2.05, 4.69) is 30.4 Å². The van der Waals surface area contributed by atoms with Crippen LogP contribution in [-0.4, -0.2) is 11.1 Å². The van der Waals surface area contributed by atoms with Gasteiger partial charge in [-0.25, -0.2) is 0 Å². The quantitative estimate of drug-likeness (QED) is 0.875. The lowest BCUT2D eigenvalue weighted by molar-refractivity contribution is 0.475. The fraction of sp³-hybridized carbons (Fsp3) is 0.368. The summed E-state index contributed by atoms with van der Waals surface area (Å²) < 4.78 is 0. The molecule has 2 nitrogen and oxygen atoms in total. The van der Waals surface area contributed by atoms with E-state index in [9.17, 15) is 5.11 Å². The Balaban J connectivity index is 1.70. The Morgan fingerprint density at radius 3 is 2.62 bits per heavy atom. The van der Waals surface area contributed by atoms with Gasteiger partial charge in [-0.3, -0.25) is 0 Å². The topological polar surface area (TPSA) is 32.3 Å². The van der Waals surface area contributed by atoms with Gasteiger partial charge in [0, 0.05) is 11.7 Å². The maximum Gasteiger partial charge on any atom is 0.115 e. The molecule has 2 N–H and O–H groups in total. The predicted molar refractivity (Wildman–Crippen MR) is 88.0 cm³/mol. The third kappa shape index (κ3) is 3.38. The van der Waals surface area contributed by atoms with E-state index in [0.29, 0.717) is 11.8 Å². The Morgan fingerprint density at radius 1 is 1.05 bits per heavy atom. The lowest BCUT2D eigenvalue weighted by Gasteiger charge is -2.23. The number of fused-ring (bicyclic) bond motifs is 1. The van der Waals surface area contributed by atoms with Crippen LogP contribution in [0.5, 0.6) is 5.75 Å². The van der Waals surface area contributed by atoms with Crippen molar-refractivity contribution in [2.45, 2.75) is 45.1 Å². The fourth-order valence-electron chi connectivity index (χ4n) is 3.22. The molecule has 1 aliphatic carbocycles. The highest BCUT2D eigenvalue weighted by atomic mass is 16.3. The van der Waals surface area contributed by atoms with E-state index >= 15 is 0 Å². The molecule has 0 fully saturated rings. The molecule has 1 aliphatic rings. The van der Waals surface area contributed by atoms with Crippen LogP contribution in [0.2, 0.25) is 0 Å². The van der Waals surface area contributed by atoms with Crippen LogP contribution >= 0.6 is 0 Å². The number of hydrogen-bond donors (Lipinski definition) is 2. The Kier molecular flexibility index (Phi) is 4.14. The molecule has 2 aromatic carbocycles. The standard InChI is InChI=1S/C19H23NO/c1-14(13-15-9-11-17(21)12-10-15)20-19-8-4-6-16-5-2-3-7-18(16)19/h4,6,8-12,14,20-21H,2-3,5,7,13H2,1H3. The first-order valence-electron chi connectivity index (χ1n) is 7.87. The summed E-state index contributed by atoms with van der Waals surface area (Å²) >= 11 is 0. The van der Waals surface area contributed by atoms with Gasteiger partial charge in [0.1, 0.15) is 5.75 Å². The van der Waals surface area contributed by atoms with Crippen molar-refractivity contribution in [3.63, 3.8) is 0 Å². The molecular weight excluding hydrogens is 258 g/mol. The molecule has 3 rings (SSSR count). The molecule has 0 heterocycles. The highest BCUT2D eigenvalue weighted by Crippen LogP contribution is 2.28. The van der Waals surface area contributed by atoms with Crippen LogP contribution in [0.1, 0.15) is 36.5 Å². The Labute approximate surface area is 126 Å². The number of rotatable bonds is 4. The van der Waals surface area contributed by atoms with Gasteiger partial charge >= 0.3 is 0 Å². The van der Waals surface area contributed by atoms with Crippen molar-refractivity contribution in [1.82, 2.24) is 0 Å². The molecule has 0 aromatic heterocycles. The summed E-state index contributed by atoms with van der Waals surface area (Å²) in [6.07, 6.45) is 6.00. The number of phenolic OH excluding ortho intramolecular Hbond substituents is 1. The van der Waals surface area contributed by atoms with Crippen LogP contribution in [-0.2, 0) is 19.3 Å². The van der Waals surface area contributed by atoms with Gasteiger partial charge in [0.05, 0.1) is 0 Å². The number of nitrogens with one attached hydrogen (secondary N) is 1. The van der Waals surface area contributed by atoms with Crippen molar-refractivity contribution in [2.75, 3.05) is 5.32 Å². The van der Waals surface area contributed by atoms with Gasteiger partial charge in [0.15, 0.2) is 0 Å². The Hall–Kier alpha value is -1.96. The SMILES string of the molecule is CC(Cc1ccc(O)cc1)Nc1cccc2c1CCCC2. The molecule has 0 saturated heterocycles. The molecule has 2 heteroatoms. The molecule has 110 valence electrons. The second-order valence-electron chi connectivity index (χ2n) is 6.07. The maximum atomic E-state index is 9.34. The molecular formula is C19H23NO. The number of aromatic hydroxyl groups is 1. The summed E-state index contributed by atoms with van der Waals surface area (Å²) in [6, 6.07) is 14.5. The third-order valence-electron chi connectivity index (χ3n) is 4.28. The number of anilines is 1. The second kappa shape index (κ2) is 6.21. The number of aryl methyl sites for hydroxylation is 1. The largest absolute Gasteiger partial charge is 0.508 e. The fourth-order valence-corrected chi connectivity index (χ4v) is 3.22. The van der Waals surface area contributed by atoms with Crippen LogP contribution in [0.25, 0.3) is 0 Å². The highest BCUT2D eigenvalue weighted by molar-refractivity contribution is 5.56.